The van der Waals surface area contributed by atoms with Crippen molar-refractivity contribution in [3.8, 4) is 0 Å². The molecular weight excluding hydrogens is 198 g/mol. The van der Waals surface area contributed by atoms with Crippen LogP contribution in [0.3, 0.4) is 0 Å². The summed E-state index contributed by atoms with van der Waals surface area (Å²) in [6, 6.07) is 0. The third kappa shape index (κ3) is 1.83. The highest BCUT2D eigenvalue weighted by Gasteiger charge is 2.44. The molecule has 0 aliphatic carbocycles. The second-order valence-electron chi connectivity index (χ2n) is 3.68. The average Bonchev–Trinajstić information content (AvgIpc) is 2.17. The summed E-state index contributed by atoms with van der Waals surface area (Å²) in [5.41, 5.74) is 4.09. The number of allylic oxidation sites excluding steroid dienone is 2. The number of hydrogen-bond donors (Lipinski definition) is 2. The fraction of sp³-hybridized carbons (Fsp3) is 0.444. The zero-order chi connectivity index (χ0) is 11.6. The molecule has 15 heavy (non-hydrogen) atoms. The van der Waals surface area contributed by atoms with E-state index in [9.17, 15) is 14.9 Å². The summed E-state index contributed by atoms with van der Waals surface area (Å²) in [4.78, 5) is 21.3. The summed E-state index contributed by atoms with van der Waals surface area (Å²) in [6.45, 7) is 3.54. The maximum absolute atomic E-state index is 11.3. The molecule has 0 aromatic carbocycles. The van der Waals surface area contributed by atoms with Crippen LogP contribution >= 0.6 is 0 Å². The molecule has 1 amide bonds. The number of carbonyl (C=O) groups excluding carboxylic acids is 1. The van der Waals surface area contributed by atoms with Crippen LogP contribution in [0, 0.1) is 16.0 Å². The maximum atomic E-state index is 11.3. The van der Waals surface area contributed by atoms with E-state index in [4.69, 9.17) is 5.73 Å². The van der Waals surface area contributed by atoms with Gasteiger partial charge in [0.05, 0.1) is 0 Å². The van der Waals surface area contributed by atoms with E-state index in [1.807, 2.05) is 0 Å². The van der Waals surface area contributed by atoms with E-state index in [2.05, 4.69) is 5.32 Å². The average molecular weight is 211 g/mol. The van der Waals surface area contributed by atoms with Gasteiger partial charge in [0.15, 0.2) is 0 Å². The number of hydrogen-bond acceptors (Lipinski definition) is 4. The number of nitro groups is 1. The number of rotatable bonds is 3. The number of nitrogens with two attached hydrogens (primary N) is 1. The summed E-state index contributed by atoms with van der Waals surface area (Å²) in [6.07, 6.45) is 4.32. The molecule has 0 aromatic rings. The van der Waals surface area contributed by atoms with E-state index in [0.717, 1.165) is 0 Å². The molecule has 1 aliphatic rings. The molecule has 1 unspecified atom stereocenters. The molecule has 1 atom stereocenters. The fourth-order valence-corrected chi connectivity index (χ4v) is 1.46. The van der Waals surface area contributed by atoms with E-state index in [1.165, 1.54) is 12.2 Å². The van der Waals surface area contributed by atoms with E-state index >= 15 is 0 Å². The van der Waals surface area contributed by atoms with E-state index in [-0.39, 0.29) is 11.7 Å². The minimum absolute atomic E-state index is 0.171. The van der Waals surface area contributed by atoms with E-state index < -0.39 is 16.4 Å². The van der Waals surface area contributed by atoms with Gasteiger partial charge in [0.25, 0.3) is 5.91 Å². The van der Waals surface area contributed by atoms with Crippen molar-refractivity contribution >= 4 is 5.91 Å². The number of primary amides is 1. The third-order valence-electron chi connectivity index (χ3n) is 2.46. The van der Waals surface area contributed by atoms with Crippen LogP contribution in [-0.4, -0.2) is 16.4 Å². The van der Waals surface area contributed by atoms with Gasteiger partial charge in [-0.25, -0.2) is 0 Å². The van der Waals surface area contributed by atoms with E-state index in [1.54, 1.807) is 19.9 Å². The van der Waals surface area contributed by atoms with Gasteiger partial charge >= 0.3 is 5.82 Å². The topological polar surface area (TPSA) is 98.3 Å². The van der Waals surface area contributed by atoms with Crippen molar-refractivity contribution in [2.24, 2.45) is 11.7 Å². The number of dihydropyridines is 1. The Morgan fingerprint density at radius 1 is 1.67 bits per heavy atom. The first-order valence-corrected chi connectivity index (χ1v) is 4.52. The van der Waals surface area contributed by atoms with Crippen molar-refractivity contribution in [3.05, 3.63) is 34.2 Å². The Morgan fingerprint density at radius 2 is 2.27 bits per heavy atom. The Morgan fingerprint density at radius 3 is 2.67 bits per heavy atom. The molecule has 0 bridgehead atoms. The zero-order valence-corrected chi connectivity index (χ0v) is 8.56. The Balaban J connectivity index is 3.08. The highest BCUT2D eigenvalue weighted by Crippen LogP contribution is 2.23. The lowest BCUT2D eigenvalue weighted by atomic mass is 9.84. The maximum Gasteiger partial charge on any atom is 0.317 e. The van der Waals surface area contributed by atoms with Gasteiger partial charge in [0, 0.05) is 12.0 Å². The van der Waals surface area contributed by atoms with Crippen LogP contribution in [0.25, 0.3) is 0 Å². The van der Waals surface area contributed by atoms with Crippen molar-refractivity contribution in [3.63, 3.8) is 0 Å². The second-order valence-corrected chi connectivity index (χ2v) is 3.68. The van der Waals surface area contributed by atoms with Crippen molar-refractivity contribution in [2.45, 2.75) is 19.4 Å². The van der Waals surface area contributed by atoms with Crippen LogP contribution in [0.2, 0.25) is 0 Å². The lowest BCUT2D eigenvalue weighted by Gasteiger charge is -2.30. The molecule has 0 fully saturated rings. The standard InChI is InChI=1S/C9H13N3O3/c1-6(2)9(8(10)13)5-3-4-7(11-9)12(14)15/h3-6,11H,1-2H3,(H2,10,13). The van der Waals surface area contributed by atoms with Gasteiger partial charge in [-0.05, 0) is 11.0 Å². The van der Waals surface area contributed by atoms with E-state index in [0.29, 0.717) is 0 Å². The quantitative estimate of drug-likeness (QED) is 0.512. The molecule has 3 N–H and O–H groups in total. The first-order chi connectivity index (χ1) is 6.90. The summed E-state index contributed by atoms with van der Waals surface area (Å²) in [5.74, 6) is -1.01. The Bertz CT molecular complexity index is 360. The monoisotopic (exact) mass is 211 g/mol. The van der Waals surface area contributed by atoms with Crippen molar-refractivity contribution in [2.75, 3.05) is 0 Å². The lowest BCUT2D eigenvalue weighted by molar-refractivity contribution is -0.433. The van der Waals surface area contributed by atoms with Crippen molar-refractivity contribution in [1.29, 1.82) is 0 Å². The zero-order valence-electron chi connectivity index (χ0n) is 8.56. The largest absolute Gasteiger partial charge is 0.365 e. The summed E-state index contributed by atoms with van der Waals surface area (Å²) in [7, 11) is 0. The molecule has 0 saturated carbocycles. The van der Waals surface area contributed by atoms with Crippen LogP contribution in [0.15, 0.2) is 24.0 Å². The number of amides is 1. The molecule has 6 heteroatoms. The highest BCUT2D eigenvalue weighted by molar-refractivity contribution is 5.88. The first kappa shape index (κ1) is 11.2. The normalized spacial score (nSPS) is 24.6. The van der Waals surface area contributed by atoms with Gasteiger partial charge < -0.3 is 15.8 Å². The van der Waals surface area contributed by atoms with Crippen molar-refractivity contribution < 1.29 is 9.72 Å². The molecule has 1 heterocycles. The van der Waals surface area contributed by atoms with Gasteiger partial charge in [-0.3, -0.25) is 10.1 Å². The predicted molar refractivity (Wildman–Crippen MR) is 54.1 cm³/mol. The van der Waals surface area contributed by atoms with Crippen LogP contribution in [0.5, 0.6) is 0 Å². The Labute approximate surface area is 87.0 Å². The van der Waals surface area contributed by atoms with Crippen molar-refractivity contribution in [1.82, 2.24) is 5.32 Å². The third-order valence-corrected chi connectivity index (χ3v) is 2.46. The lowest BCUT2D eigenvalue weighted by Crippen LogP contribution is -2.58. The summed E-state index contributed by atoms with van der Waals surface area (Å²) < 4.78 is 0. The molecular formula is C9H13N3O3. The smallest absolute Gasteiger partial charge is 0.317 e. The SMILES string of the molecule is CC(C)C1(C(N)=O)C=CC=C([N+](=O)[O-])N1. The number of nitrogens with zero attached hydrogens (tertiary/aromatic N) is 1. The van der Waals surface area contributed by atoms with Crippen LogP contribution in [0.1, 0.15) is 13.8 Å². The molecule has 1 rings (SSSR count). The Kier molecular flexibility index (Phi) is 2.78. The molecule has 6 nitrogen and oxygen atoms in total. The minimum atomic E-state index is -1.17. The van der Waals surface area contributed by atoms with Gasteiger partial charge in [-0.2, -0.15) is 0 Å². The minimum Gasteiger partial charge on any atom is -0.365 e. The fourth-order valence-electron chi connectivity index (χ4n) is 1.46. The van der Waals surface area contributed by atoms with Gasteiger partial charge in [0.2, 0.25) is 5.54 Å². The molecule has 0 saturated heterocycles. The molecule has 0 radical (unpaired) electrons. The predicted octanol–water partition coefficient (Wildman–Crippen LogP) is 0.144. The first-order valence-electron chi connectivity index (χ1n) is 4.52. The summed E-state index contributed by atoms with van der Waals surface area (Å²) in [5, 5.41) is 13.1. The van der Waals surface area contributed by atoms with Crippen LogP contribution in [0.4, 0.5) is 0 Å². The van der Waals surface area contributed by atoms with Crippen LogP contribution in [-0.2, 0) is 4.79 Å². The molecule has 0 spiro atoms. The van der Waals surface area contributed by atoms with Gasteiger partial charge in [0.1, 0.15) is 0 Å². The highest BCUT2D eigenvalue weighted by atomic mass is 16.6. The van der Waals surface area contributed by atoms with Crippen LogP contribution < -0.4 is 11.1 Å². The summed E-state index contributed by atoms with van der Waals surface area (Å²) >= 11 is 0. The van der Waals surface area contributed by atoms with Gasteiger partial charge in [-0.1, -0.05) is 19.9 Å². The Hall–Kier alpha value is -1.85. The number of carbonyl (C=O) groups is 1. The number of nitrogens with one attached hydrogen (secondary N) is 1. The van der Waals surface area contributed by atoms with Gasteiger partial charge in [-0.15, -0.1) is 0 Å². The molecule has 1 aliphatic heterocycles. The second kappa shape index (κ2) is 3.72. The molecule has 82 valence electrons. The molecule has 0 aromatic heterocycles.